The molecule has 2 rings (SSSR count). The van der Waals surface area contributed by atoms with Crippen molar-refractivity contribution >= 4 is 5.91 Å². The average Bonchev–Trinajstić information content (AvgIpc) is 2.93. The zero-order valence-corrected chi connectivity index (χ0v) is 12.4. The summed E-state index contributed by atoms with van der Waals surface area (Å²) < 4.78 is 10.7. The third-order valence-electron chi connectivity index (χ3n) is 4.81. The van der Waals surface area contributed by atoms with Crippen LogP contribution in [0.4, 0.5) is 0 Å². The molecule has 0 saturated heterocycles. The highest BCUT2D eigenvalue weighted by atomic mass is 16.5. The molecular weight excluding hydrogens is 256 g/mol. The lowest BCUT2D eigenvalue weighted by molar-refractivity contribution is -0.120. The van der Waals surface area contributed by atoms with Crippen LogP contribution in [0.3, 0.4) is 0 Å². The van der Waals surface area contributed by atoms with Crippen LogP contribution in [0.1, 0.15) is 49.2 Å². The first-order valence-corrected chi connectivity index (χ1v) is 7.22. The zero-order chi connectivity index (χ0) is 14.8. The fraction of sp³-hybridized carbons (Fsp3) is 0.667. The van der Waals surface area contributed by atoms with E-state index in [1.807, 2.05) is 0 Å². The van der Waals surface area contributed by atoms with E-state index in [1.165, 1.54) is 6.26 Å². The van der Waals surface area contributed by atoms with E-state index in [9.17, 15) is 4.79 Å². The van der Waals surface area contributed by atoms with Crippen molar-refractivity contribution in [3.8, 4) is 0 Å². The average molecular weight is 280 g/mol. The molecule has 0 radical (unpaired) electrons. The summed E-state index contributed by atoms with van der Waals surface area (Å²) in [4.78, 5) is 12.2. The van der Waals surface area contributed by atoms with Crippen molar-refractivity contribution in [3.63, 3.8) is 0 Å². The van der Waals surface area contributed by atoms with Crippen LogP contribution in [0.5, 0.6) is 0 Å². The number of carbonyl (C=O) groups is 1. The minimum absolute atomic E-state index is 0.0465. The van der Waals surface area contributed by atoms with Crippen molar-refractivity contribution < 1.29 is 13.9 Å². The van der Waals surface area contributed by atoms with Gasteiger partial charge in [0.05, 0.1) is 18.2 Å². The van der Waals surface area contributed by atoms with Crippen LogP contribution >= 0.6 is 0 Å². The molecule has 0 aromatic carbocycles. The Kier molecular flexibility index (Phi) is 4.50. The number of hydrogen-bond donors (Lipinski definition) is 2. The summed E-state index contributed by atoms with van der Waals surface area (Å²) in [5, 5.41) is 3.11. The van der Waals surface area contributed by atoms with E-state index in [-0.39, 0.29) is 23.5 Å². The number of hydrogen-bond acceptors (Lipinski definition) is 4. The molecule has 1 aliphatic rings. The topological polar surface area (TPSA) is 77.5 Å². The van der Waals surface area contributed by atoms with Crippen molar-refractivity contribution in [2.24, 2.45) is 11.1 Å². The third-order valence-corrected chi connectivity index (χ3v) is 4.81. The van der Waals surface area contributed by atoms with Gasteiger partial charge < -0.3 is 20.2 Å². The largest absolute Gasteiger partial charge is 0.467 e. The molecule has 20 heavy (non-hydrogen) atoms. The Hall–Kier alpha value is -1.33. The summed E-state index contributed by atoms with van der Waals surface area (Å²) in [5.74, 6) is 0.523. The second-order valence-electron chi connectivity index (χ2n) is 5.43. The Bertz CT molecular complexity index is 465. The van der Waals surface area contributed by atoms with E-state index < -0.39 is 0 Å². The van der Waals surface area contributed by atoms with Gasteiger partial charge in [-0.2, -0.15) is 0 Å². The third kappa shape index (κ3) is 2.36. The van der Waals surface area contributed by atoms with Crippen LogP contribution in [-0.2, 0) is 11.3 Å². The SMILES string of the molecule is CCC1(CC)C(NC(=O)c2coc(CN)c2)CC1OC. The number of methoxy groups -OCH3 is 1. The lowest BCUT2D eigenvalue weighted by atomic mass is 9.58. The van der Waals surface area contributed by atoms with Gasteiger partial charge in [-0.1, -0.05) is 13.8 Å². The van der Waals surface area contributed by atoms with Crippen LogP contribution in [0.15, 0.2) is 16.7 Å². The molecule has 1 aliphatic carbocycles. The monoisotopic (exact) mass is 280 g/mol. The molecule has 1 heterocycles. The fourth-order valence-corrected chi connectivity index (χ4v) is 3.33. The molecule has 1 aromatic rings. The van der Waals surface area contributed by atoms with Crippen LogP contribution < -0.4 is 11.1 Å². The van der Waals surface area contributed by atoms with E-state index in [0.717, 1.165) is 19.3 Å². The molecule has 0 spiro atoms. The quantitative estimate of drug-likeness (QED) is 0.836. The van der Waals surface area contributed by atoms with Crippen LogP contribution in [0, 0.1) is 5.41 Å². The van der Waals surface area contributed by atoms with Crippen molar-refractivity contribution in [2.75, 3.05) is 7.11 Å². The van der Waals surface area contributed by atoms with E-state index in [4.69, 9.17) is 14.9 Å². The van der Waals surface area contributed by atoms with Crippen LogP contribution in [-0.4, -0.2) is 25.2 Å². The molecule has 1 fully saturated rings. The Morgan fingerprint density at radius 3 is 2.75 bits per heavy atom. The minimum Gasteiger partial charge on any atom is -0.467 e. The minimum atomic E-state index is -0.0979. The molecular formula is C15H24N2O3. The van der Waals surface area contributed by atoms with Gasteiger partial charge in [0.15, 0.2) is 0 Å². The normalized spacial score (nSPS) is 24.2. The first-order valence-electron chi connectivity index (χ1n) is 7.22. The summed E-state index contributed by atoms with van der Waals surface area (Å²) >= 11 is 0. The van der Waals surface area contributed by atoms with Crippen LogP contribution in [0.25, 0.3) is 0 Å². The van der Waals surface area contributed by atoms with Gasteiger partial charge in [-0.25, -0.2) is 0 Å². The Morgan fingerprint density at radius 2 is 2.25 bits per heavy atom. The summed E-state index contributed by atoms with van der Waals surface area (Å²) in [5.41, 5.74) is 6.06. The van der Waals surface area contributed by atoms with Crippen molar-refractivity contribution in [3.05, 3.63) is 23.7 Å². The van der Waals surface area contributed by atoms with Gasteiger partial charge in [0, 0.05) is 18.6 Å². The standard InChI is InChI=1S/C15H24N2O3/c1-4-15(5-2)12(7-13(15)19-3)17-14(18)10-6-11(8-16)20-9-10/h6,9,12-13H,4-5,7-8,16H2,1-3H3,(H,17,18). The molecule has 1 amide bonds. The van der Waals surface area contributed by atoms with Gasteiger partial charge in [-0.15, -0.1) is 0 Å². The highest BCUT2D eigenvalue weighted by molar-refractivity contribution is 5.94. The predicted molar refractivity (Wildman–Crippen MR) is 76.3 cm³/mol. The van der Waals surface area contributed by atoms with Crippen molar-refractivity contribution in [2.45, 2.75) is 51.8 Å². The summed E-state index contributed by atoms with van der Waals surface area (Å²) in [7, 11) is 1.74. The second-order valence-corrected chi connectivity index (χ2v) is 5.43. The predicted octanol–water partition coefficient (Wildman–Crippen LogP) is 2.06. The molecule has 0 aliphatic heterocycles. The maximum absolute atomic E-state index is 12.2. The number of furan rings is 1. The van der Waals surface area contributed by atoms with E-state index in [2.05, 4.69) is 19.2 Å². The Labute approximate surface area is 119 Å². The number of carbonyl (C=O) groups excluding carboxylic acids is 1. The Balaban J connectivity index is 2.04. The zero-order valence-electron chi connectivity index (χ0n) is 12.4. The van der Waals surface area contributed by atoms with Gasteiger partial charge in [-0.05, 0) is 25.3 Å². The van der Waals surface area contributed by atoms with E-state index >= 15 is 0 Å². The molecule has 1 saturated carbocycles. The van der Waals surface area contributed by atoms with Gasteiger partial charge in [0.2, 0.25) is 0 Å². The number of nitrogens with one attached hydrogen (secondary N) is 1. The van der Waals surface area contributed by atoms with E-state index in [1.54, 1.807) is 13.2 Å². The van der Waals surface area contributed by atoms with E-state index in [0.29, 0.717) is 17.9 Å². The van der Waals surface area contributed by atoms with Crippen LogP contribution in [0.2, 0.25) is 0 Å². The maximum atomic E-state index is 12.2. The summed E-state index contributed by atoms with van der Waals surface area (Å²) in [6, 6.07) is 1.85. The van der Waals surface area contributed by atoms with Gasteiger partial charge in [0.25, 0.3) is 5.91 Å². The number of ether oxygens (including phenoxy) is 1. The summed E-state index contributed by atoms with van der Waals surface area (Å²) in [6.45, 7) is 4.60. The first-order chi connectivity index (χ1) is 9.61. The van der Waals surface area contributed by atoms with Crippen molar-refractivity contribution in [1.82, 2.24) is 5.32 Å². The highest BCUT2D eigenvalue weighted by Gasteiger charge is 2.53. The molecule has 2 atom stereocenters. The number of amides is 1. The highest BCUT2D eigenvalue weighted by Crippen LogP contribution is 2.48. The number of nitrogens with two attached hydrogens (primary N) is 1. The lowest BCUT2D eigenvalue weighted by Gasteiger charge is -2.55. The fourth-order valence-electron chi connectivity index (χ4n) is 3.33. The van der Waals surface area contributed by atoms with Crippen molar-refractivity contribution in [1.29, 1.82) is 0 Å². The second kappa shape index (κ2) is 5.97. The first kappa shape index (κ1) is 15.1. The molecule has 5 heteroatoms. The molecule has 1 aromatic heterocycles. The van der Waals surface area contributed by atoms with Gasteiger partial charge in [0.1, 0.15) is 12.0 Å². The molecule has 112 valence electrons. The molecule has 2 unspecified atom stereocenters. The van der Waals surface area contributed by atoms with Gasteiger partial charge in [-0.3, -0.25) is 4.79 Å². The lowest BCUT2D eigenvalue weighted by Crippen LogP contribution is -2.64. The molecule has 3 N–H and O–H groups in total. The Morgan fingerprint density at radius 1 is 1.55 bits per heavy atom. The van der Waals surface area contributed by atoms with Gasteiger partial charge >= 0.3 is 0 Å². The maximum Gasteiger partial charge on any atom is 0.254 e. The smallest absolute Gasteiger partial charge is 0.254 e. The summed E-state index contributed by atoms with van der Waals surface area (Å²) in [6.07, 6.45) is 4.54. The molecule has 5 nitrogen and oxygen atoms in total. The molecule has 0 bridgehead atoms. The number of rotatable bonds is 6.